The lowest BCUT2D eigenvalue weighted by Crippen LogP contribution is -1.99. The molecule has 0 heterocycles. The minimum atomic E-state index is -4.08. The van der Waals surface area contributed by atoms with Crippen molar-refractivity contribution in [2.75, 3.05) is 0 Å². The van der Waals surface area contributed by atoms with E-state index in [0.29, 0.717) is 5.92 Å². The van der Waals surface area contributed by atoms with Crippen LogP contribution in [0.15, 0.2) is 29.2 Å². The normalized spacial score (nSPS) is 13.5. The first kappa shape index (κ1) is 19.2. The topological polar surface area (TPSA) is 54.4 Å². The van der Waals surface area contributed by atoms with Crippen molar-refractivity contribution in [1.82, 2.24) is 0 Å². The van der Waals surface area contributed by atoms with Gasteiger partial charge in [0.2, 0.25) is 0 Å². The number of unbranched alkanes of at least 4 members (excludes halogenated alkanes) is 4. The third-order valence-electron chi connectivity index (χ3n) is 4.17. The summed E-state index contributed by atoms with van der Waals surface area (Å²) in [7, 11) is -4.08. The highest BCUT2D eigenvalue weighted by Crippen LogP contribution is 2.23. The van der Waals surface area contributed by atoms with E-state index in [1.54, 1.807) is 12.1 Å². The third-order valence-corrected chi connectivity index (χ3v) is 5.03. The summed E-state index contributed by atoms with van der Waals surface area (Å²) in [6.07, 6.45) is 8.90. The van der Waals surface area contributed by atoms with Gasteiger partial charge < -0.3 is 0 Å². The van der Waals surface area contributed by atoms with Crippen molar-refractivity contribution in [3.63, 3.8) is 0 Å². The van der Waals surface area contributed by atoms with Crippen LogP contribution in [0.4, 0.5) is 0 Å². The molecule has 0 amide bonds. The molecule has 126 valence electrons. The largest absolute Gasteiger partial charge is 0.294 e. The van der Waals surface area contributed by atoms with Crippen LogP contribution in [0.2, 0.25) is 0 Å². The molecule has 0 bridgehead atoms. The van der Waals surface area contributed by atoms with E-state index in [4.69, 9.17) is 4.55 Å². The number of hydrogen-bond donors (Lipinski definition) is 1. The third kappa shape index (κ3) is 7.41. The van der Waals surface area contributed by atoms with Crippen molar-refractivity contribution >= 4 is 10.1 Å². The monoisotopic (exact) mass is 326 g/mol. The average molecular weight is 327 g/mol. The molecule has 1 aromatic rings. The van der Waals surface area contributed by atoms with E-state index < -0.39 is 10.1 Å². The zero-order valence-corrected chi connectivity index (χ0v) is 14.9. The first-order chi connectivity index (χ1) is 10.3. The molecule has 0 aromatic heterocycles. The zero-order valence-electron chi connectivity index (χ0n) is 14.1. The second-order valence-electron chi connectivity index (χ2n) is 6.68. The van der Waals surface area contributed by atoms with Gasteiger partial charge in [-0.15, -0.1) is 0 Å². The second-order valence-corrected chi connectivity index (χ2v) is 8.11. The lowest BCUT2D eigenvalue weighted by Gasteiger charge is -2.12. The van der Waals surface area contributed by atoms with Crippen molar-refractivity contribution in [1.29, 1.82) is 0 Å². The molecule has 3 nitrogen and oxygen atoms in total. The van der Waals surface area contributed by atoms with E-state index in [1.807, 2.05) is 0 Å². The van der Waals surface area contributed by atoms with Gasteiger partial charge in [0.15, 0.2) is 0 Å². The highest BCUT2D eigenvalue weighted by molar-refractivity contribution is 7.85. The smallest absolute Gasteiger partial charge is 0.282 e. The van der Waals surface area contributed by atoms with E-state index in [2.05, 4.69) is 20.8 Å². The summed E-state index contributed by atoms with van der Waals surface area (Å²) >= 11 is 0. The zero-order chi connectivity index (χ0) is 16.6. The average Bonchev–Trinajstić information content (AvgIpc) is 2.45. The van der Waals surface area contributed by atoms with Crippen LogP contribution in [-0.2, 0) is 10.1 Å². The van der Waals surface area contributed by atoms with Gasteiger partial charge in [0.25, 0.3) is 10.1 Å². The van der Waals surface area contributed by atoms with E-state index in [9.17, 15) is 8.42 Å². The minimum Gasteiger partial charge on any atom is -0.282 e. The lowest BCUT2D eigenvalue weighted by atomic mass is 9.94. The van der Waals surface area contributed by atoms with Gasteiger partial charge in [-0.25, -0.2) is 0 Å². The molecule has 0 aliphatic heterocycles. The second kappa shape index (κ2) is 9.31. The molecule has 0 aliphatic rings. The van der Waals surface area contributed by atoms with E-state index >= 15 is 0 Å². The Labute approximate surface area is 135 Å². The molecule has 1 atom stereocenters. The maximum atomic E-state index is 11.0. The van der Waals surface area contributed by atoms with Gasteiger partial charge in [-0.05, 0) is 36.0 Å². The molecule has 0 saturated heterocycles. The first-order valence-corrected chi connectivity index (χ1v) is 9.82. The number of hydrogen-bond acceptors (Lipinski definition) is 2. The quantitative estimate of drug-likeness (QED) is 0.461. The first-order valence-electron chi connectivity index (χ1n) is 8.38. The fraction of sp³-hybridized carbons (Fsp3) is 0.667. The molecule has 0 spiro atoms. The Bertz CT molecular complexity index is 518. The fourth-order valence-electron chi connectivity index (χ4n) is 2.67. The molecule has 1 aromatic carbocycles. The number of rotatable bonds is 10. The van der Waals surface area contributed by atoms with Crippen LogP contribution in [0.5, 0.6) is 0 Å². The van der Waals surface area contributed by atoms with Gasteiger partial charge >= 0.3 is 0 Å². The standard InChI is InChI=1S/C18H30O3S/c1-15(2)9-7-5-4-6-8-10-16(3)17-11-13-18(14-12-17)22(19,20)21/h11-16H,4-10H2,1-3H3,(H,19,20,21). The van der Waals surface area contributed by atoms with Gasteiger partial charge in [0.05, 0.1) is 4.90 Å². The van der Waals surface area contributed by atoms with Crippen LogP contribution in [-0.4, -0.2) is 13.0 Å². The summed E-state index contributed by atoms with van der Waals surface area (Å²) in [6, 6.07) is 6.56. The molecular formula is C18H30O3S. The van der Waals surface area contributed by atoms with Crippen molar-refractivity contribution in [2.45, 2.75) is 76.5 Å². The van der Waals surface area contributed by atoms with Crippen LogP contribution in [0.3, 0.4) is 0 Å². The van der Waals surface area contributed by atoms with Gasteiger partial charge in [-0.1, -0.05) is 71.4 Å². The SMILES string of the molecule is CC(C)CCCCCCCC(C)c1ccc(S(=O)(=O)O)cc1. The van der Waals surface area contributed by atoms with Crippen LogP contribution in [0.1, 0.15) is 77.2 Å². The molecule has 1 N–H and O–H groups in total. The van der Waals surface area contributed by atoms with Gasteiger partial charge in [0.1, 0.15) is 0 Å². The molecule has 4 heteroatoms. The molecule has 0 fully saturated rings. The predicted octanol–water partition coefficient (Wildman–Crippen LogP) is 5.42. The fourth-order valence-corrected chi connectivity index (χ4v) is 3.15. The van der Waals surface area contributed by atoms with Crippen molar-refractivity contribution in [3.05, 3.63) is 29.8 Å². The molecule has 1 unspecified atom stereocenters. The maximum Gasteiger partial charge on any atom is 0.294 e. The molecule has 22 heavy (non-hydrogen) atoms. The Hall–Kier alpha value is -0.870. The minimum absolute atomic E-state index is 0.0337. The summed E-state index contributed by atoms with van der Waals surface area (Å²) in [6.45, 7) is 6.71. The van der Waals surface area contributed by atoms with Gasteiger partial charge in [-0.3, -0.25) is 4.55 Å². The Kier molecular flexibility index (Phi) is 8.12. The Morgan fingerprint density at radius 2 is 1.36 bits per heavy atom. The number of benzene rings is 1. The van der Waals surface area contributed by atoms with Crippen molar-refractivity contribution in [3.8, 4) is 0 Å². The predicted molar refractivity (Wildman–Crippen MR) is 91.8 cm³/mol. The van der Waals surface area contributed by atoms with E-state index in [-0.39, 0.29) is 4.90 Å². The van der Waals surface area contributed by atoms with Crippen LogP contribution in [0.25, 0.3) is 0 Å². The summed E-state index contributed by atoms with van der Waals surface area (Å²) in [5.41, 5.74) is 1.13. The Balaban J connectivity index is 2.27. The Morgan fingerprint density at radius 3 is 1.86 bits per heavy atom. The van der Waals surface area contributed by atoms with E-state index in [1.165, 1.54) is 50.7 Å². The van der Waals surface area contributed by atoms with Gasteiger partial charge in [-0.2, -0.15) is 8.42 Å². The molecular weight excluding hydrogens is 296 g/mol. The molecule has 0 saturated carbocycles. The highest BCUT2D eigenvalue weighted by atomic mass is 32.2. The summed E-state index contributed by atoms with van der Waals surface area (Å²) < 4.78 is 31.0. The van der Waals surface area contributed by atoms with Crippen LogP contribution < -0.4 is 0 Å². The molecule has 1 rings (SSSR count). The maximum absolute atomic E-state index is 11.0. The van der Waals surface area contributed by atoms with Gasteiger partial charge in [0, 0.05) is 0 Å². The van der Waals surface area contributed by atoms with Crippen molar-refractivity contribution in [2.24, 2.45) is 5.92 Å². The Morgan fingerprint density at radius 1 is 0.864 bits per heavy atom. The van der Waals surface area contributed by atoms with E-state index in [0.717, 1.165) is 17.9 Å². The molecule has 0 radical (unpaired) electrons. The van der Waals surface area contributed by atoms with Crippen molar-refractivity contribution < 1.29 is 13.0 Å². The molecule has 0 aliphatic carbocycles. The summed E-state index contributed by atoms with van der Waals surface area (Å²) in [5, 5.41) is 0. The summed E-state index contributed by atoms with van der Waals surface area (Å²) in [5.74, 6) is 1.23. The summed E-state index contributed by atoms with van der Waals surface area (Å²) in [4.78, 5) is -0.0337. The van der Waals surface area contributed by atoms with Crippen LogP contribution in [0, 0.1) is 5.92 Å². The lowest BCUT2D eigenvalue weighted by molar-refractivity contribution is 0.483. The van der Waals surface area contributed by atoms with Crippen LogP contribution >= 0.6 is 0 Å². The highest BCUT2D eigenvalue weighted by Gasteiger charge is 2.11.